The summed E-state index contributed by atoms with van der Waals surface area (Å²) in [5.41, 5.74) is 5.72. The minimum absolute atomic E-state index is 0.0853. The highest BCUT2D eigenvalue weighted by Gasteiger charge is 2.30. The number of sulfonamides is 1. The minimum atomic E-state index is -4.12. The Morgan fingerprint density at radius 3 is 2.62 bits per heavy atom. The van der Waals surface area contributed by atoms with Crippen molar-refractivity contribution in [3.63, 3.8) is 0 Å². The predicted octanol–water partition coefficient (Wildman–Crippen LogP) is 2.11. The normalized spacial score (nSPS) is 19.2. The molecule has 172 valence electrons. The van der Waals surface area contributed by atoms with Gasteiger partial charge in [0.2, 0.25) is 10.0 Å². The molecule has 0 unspecified atom stereocenters. The van der Waals surface area contributed by atoms with Crippen molar-refractivity contribution in [1.82, 2.24) is 15.2 Å². The van der Waals surface area contributed by atoms with Crippen LogP contribution in [0.2, 0.25) is 0 Å². The highest BCUT2D eigenvalue weighted by molar-refractivity contribution is 7.89. The van der Waals surface area contributed by atoms with E-state index in [1.807, 2.05) is 6.07 Å². The lowest BCUT2D eigenvalue weighted by Crippen LogP contribution is -2.42. The number of hydrazine groups is 1. The second-order valence-corrected chi connectivity index (χ2v) is 11.0. The Kier molecular flexibility index (Phi) is 6.61. The molecule has 11 heteroatoms. The molecule has 1 saturated heterocycles. The number of rotatable bonds is 4. The van der Waals surface area contributed by atoms with E-state index in [-0.39, 0.29) is 31.9 Å². The molecule has 1 aromatic heterocycles. The summed E-state index contributed by atoms with van der Waals surface area (Å²) in [4.78, 5) is 26.1. The lowest BCUT2D eigenvalue weighted by Gasteiger charge is -2.26. The van der Waals surface area contributed by atoms with Crippen molar-refractivity contribution >= 4 is 33.2 Å². The molecule has 0 bridgehead atoms. The molecule has 8 nitrogen and oxygen atoms in total. The van der Waals surface area contributed by atoms with E-state index in [9.17, 15) is 22.4 Å². The van der Waals surface area contributed by atoms with Crippen LogP contribution in [-0.2, 0) is 27.6 Å². The van der Waals surface area contributed by atoms with E-state index in [0.29, 0.717) is 10.8 Å². The number of nitrogens with zero attached hydrogens (tertiary/aromatic N) is 1. The average Bonchev–Trinajstić information content (AvgIpc) is 3.21. The van der Waals surface area contributed by atoms with Crippen molar-refractivity contribution in [3.8, 4) is 0 Å². The Bertz CT molecular complexity index is 1140. The van der Waals surface area contributed by atoms with Crippen molar-refractivity contribution < 1.29 is 27.1 Å². The van der Waals surface area contributed by atoms with Gasteiger partial charge in [-0.25, -0.2) is 12.8 Å². The molecule has 2 N–H and O–H groups in total. The van der Waals surface area contributed by atoms with E-state index in [1.165, 1.54) is 27.8 Å². The number of carbonyl (C=O) groups is 2. The number of hydrogen-bond donors (Lipinski definition) is 2. The lowest BCUT2D eigenvalue weighted by atomic mass is 9.90. The average molecular weight is 482 g/mol. The second kappa shape index (κ2) is 9.26. The Balaban J connectivity index is 1.45. The number of carbonyl (C=O) groups excluding carboxylic acids is 2. The van der Waals surface area contributed by atoms with E-state index in [4.69, 9.17) is 4.74 Å². The van der Waals surface area contributed by atoms with Crippen molar-refractivity contribution in [3.05, 3.63) is 51.0 Å². The second-order valence-electron chi connectivity index (χ2n) is 7.98. The van der Waals surface area contributed by atoms with Crippen LogP contribution in [0.4, 0.5) is 4.39 Å². The van der Waals surface area contributed by atoms with Gasteiger partial charge in [-0.05, 0) is 55.0 Å². The number of fused-ring (bicyclic) bond motifs is 1. The zero-order valence-electron chi connectivity index (χ0n) is 17.5. The number of nitrogens with one attached hydrogen (secondary N) is 2. The number of thiophene rings is 1. The molecular weight excluding hydrogens is 457 g/mol. The van der Waals surface area contributed by atoms with Crippen LogP contribution >= 0.6 is 11.3 Å². The zero-order chi connectivity index (χ0) is 22.9. The van der Waals surface area contributed by atoms with E-state index < -0.39 is 32.6 Å². The van der Waals surface area contributed by atoms with Crippen molar-refractivity contribution in [2.75, 3.05) is 26.3 Å². The molecule has 0 saturated carbocycles. The number of benzene rings is 1. The number of morpholine rings is 1. The first-order valence-electron chi connectivity index (χ1n) is 10.4. The van der Waals surface area contributed by atoms with E-state index >= 15 is 0 Å². The zero-order valence-corrected chi connectivity index (χ0v) is 19.2. The summed E-state index contributed by atoms with van der Waals surface area (Å²) in [5, 5.41) is 0. The van der Waals surface area contributed by atoms with Gasteiger partial charge < -0.3 is 4.74 Å². The maximum atomic E-state index is 14.3. The van der Waals surface area contributed by atoms with Crippen LogP contribution < -0.4 is 10.9 Å². The molecule has 0 radical (unpaired) electrons. The van der Waals surface area contributed by atoms with E-state index in [0.717, 1.165) is 35.7 Å². The molecule has 1 atom stereocenters. The molecule has 2 aromatic rings. The highest BCUT2D eigenvalue weighted by Crippen LogP contribution is 2.32. The van der Waals surface area contributed by atoms with Gasteiger partial charge in [-0.15, -0.1) is 11.3 Å². The van der Waals surface area contributed by atoms with Gasteiger partial charge in [-0.3, -0.25) is 20.4 Å². The Morgan fingerprint density at radius 1 is 1.16 bits per heavy atom. The fourth-order valence-electron chi connectivity index (χ4n) is 3.83. The standard InChI is InChI=1S/C21H24FN3O5S2/c1-13-2-5-17-15(10-13)11-18(31-17)21(27)24-23-20(26)14-3-4-16(22)19(12-14)32(28,29)25-6-8-30-9-7-25/h3-4,11-13H,2,5-10H2,1H3,(H,23,26)(H,24,27)/t13-/m0/s1. The topological polar surface area (TPSA) is 105 Å². The number of aryl methyl sites for hydroxylation is 1. The van der Waals surface area contributed by atoms with Crippen molar-refractivity contribution in [2.45, 2.75) is 31.1 Å². The van der Waals surface area contributed by atoms with Crippen LogP contribution in [0.3, 0.4) is 0 Å². The van der Waals surface area contributed by atoms with Crippen LogP contribution in [0.5, 0.6) is 0 Å². The molecule has 1 aliphatic heterocycles. The summed E-state index contributed by atoms with van der Waals surface area (Å²) in [5.74, 6) is -1.56. The SMILES string of the molecule is C[C@H]1CCc2sc(C(=O)NNC(=O)c3ccc(F)c(S(=O)(=O)N4CCOCC4)c3)cc2C1. The van der Waals surface area contributed by atoms with Crippen LogP contribution in [0.15, 0.2) is 29.2 Å². The van der Waals surface area contributed by atoms with Gasteiger partial charge in [-0.1, -0.05) is 6.92 Å². The van der Waals surface area contributed by atoms with Crippen LogP contribution in [0.1, 0.15) is 43.8 Å². The third-order valence-electron chi connectivity index (χ3n) is 5.62. The molecule has 1 aromatic carbocycles. The van der Waals surface area contributed by atoms with E-state index in [2.05, 4.69) is 17.8 Å². The summed E-state index contributed by atoms with van der Waals surface area (Å²) >= 11 is 1.41. The molecule has 4 rings (SSSR count). The van der Waals surface area contributed by atoms with Gasteiger partial charge in [0.05, 0.1) is 18.1 Å². The molecule has 2 amide bonds. The van der Waals surface area contributed by atoms with Gasteiger partial charge in [-0.2, -0.15) is 4.31 Å². The fraction of sp³-hybridized carbons (Fsp3) is 0.429. The number of amides is 2. The monoisotopic (exact) mass is 481 g/mol. The maximum Gasteiger partial charge on any atom is 0.279 e. The van der Waals surface area contributed by atoms with Gasteiger partial charge in [0.15, 0.2) is 0 Å². The summed E-state index contributed by atoms with van der Waals surface area (Å²) in [7, 11) is -4.12. The fourth-order valence-corrected chi connectivity index (χ4v) is 6.44. The molecular formula is C21H24FN3O5S2. The summed E-state index contributed by atoms with van der Waals surface area (Å²) in [6, 6.07) is 4.92. The van der Waals surface area contributed by atoms with Gasteiger partial charge in [0.1, 0.15) is 10.7 Å². The summed E-state index contributed by atoms with van der Waals surface area (Å²) in [6.07, 6.45) is 2.96. The van der Waals surface area contributed by atoms with Gasteiger partial charge in [0, 0.05) is 23.5 Å². The molecule has 1 fully saturated rings. The first kappa shape index (κ1) is 22.8. The summed E-state index contributed by atoms with van der Waals surface area (Å²) < 4.78 is 46.2. The molecule has 1 aliphatic carbocycles. The molecule has 2 heterocycles. The minimum Gasteiger partial charge on any atom is -0.379 e. The Hall–Kier alpha value is -2.34. The number of hydrogen-bond acceptors (Lipinski definition) is 6. The van der Waals surface area contributed by atoms with Crippen molar-refractivity contribution in [2.24, 2.45) is 5.92 Å². The van der Waals surface area contributed by atoms with E-state index in [1.54, 1.807) is 0 Å². The Morgan fingerprint density at radius 2 is 1.88 bits per heavy atom. The van der Waals surface area contributed by atoms with Crippen LogP contribution in [-0.4, -0.2) is 50.8 Å². The first-order valence-corrected chi connectivity index (χ1v) is 12.6. The quantitative estimate of drug-likeness (QED) is 0.651. The summed E-state index contributed by atoms with van der Waals surface area (Å²) in [6.45, 7) is 2.84. The van der Waals surface area contributed by atoms with Crippen LogP contribution in [0, 0.1) is 11.7 Å². The number of ether oxygens (including phenoxy) is 1. The van der Waals surface area contributed by atoms with Gasteiger partial charge in [0.25, 0.3) is 11.8 Å². The predicted molar refractivity (Wildman–Crippen MR) is 116 cm³/mol. The largest absolute Gasteiger partial charge is 0.379 e. The van der Waals surface area contributed by atoms with Crippen LogP contribution in [0.25, 0.3) is 0 Å². The molecule has 2 aliphatic rings. The number of halogens is 1. The molecule has 32 heavy (non-hydrogen) atoms. The van der Waals surface area contributed by atoms with Crippen molar-refractivity contribution in [1.29, 1.82) is 0 Å². The van der Waals surface area contributed by atoms with Gasteiger partial charge >= 0.3 is 0 Å². The third-order valence-corrected chi connectivity index (χ3v) is 8.77. The lowest BCUT2D eigenvalue weighted by molar-refractivity contribution is 0.0729. The smallest absolute Gasteiger partial charge is 0.279 e. The highest BCUT2D eigenvalue weighted by atomic mass is 32.2. The molecule has 0 spiro atoms. The third kappa shape index (κ3) is 4.70. The first-order chi connectivity index (χ1) is 15.3. The maximum absolute atomic E-state index is 14.3. The Labute approximate surface area is 189 Å².